The SMILES string of the molecule is Cn1c(=O)nc(N(C(=O)OC(C)(C)C)C(=O)OC(C)(C)C)c2c(OCC[Si](C)(C)C)nc(N(C(=O)OC(C)(C)C)c3ccc(I)cc3)nc21. The summed E-state index contributed by atoms with van der Waals surface area (Å²) in [5, 5.41) is -0.0510. The van der Waals surface area contributed by atoms with Crippen molar-refractivity contribution in [2.45, 2.75) is 105 Å². The Kier molecular flexibility index (Phi) is 11.8. The van der Waals surface area contributed by atoms with Gasteiger partial charge in [-0.15, -0.1) is 0 Å². The molecular weight excluding hydrogens is 763 g/mol. The molecule has 0 aliphatic carbocycles. The molecule has 0 aliphatic rings. The largest absolute Gasteiger partial charge is 0.477 e. The summed E-state index contributed by atoms with van der Waals surface area (Å²) in [6.45, 7) is 21.7. The fraction of sp³-hybridized carbons (Fsp3) is 0.545. The molecule has 16 heteroatoms. The zero-order valence-electron chi connectivity index (χ0n) is 30.6. The van der Waals surface area contributed by atoms with Crippen LogP contribution in [0.2, 0.25) is 25.7 Å². The molecule has 2 heterocycles. The maximum Gasteiger partial charge on any atom is 0.425 e. The summed E-state index contributed by atoms with van der Waals surface area (Å²) in [5.41, 5.74) is -3.51. The number of aryl methyl sites for hydroxylation is 1. The molecule has 0 radical (unpaired) electrons. The standard InChI is InChI=1S/C33H47IN6O8Si/c1-31(2,3)46-28(42)39(21-16-14-20(34)15-17-21)26-35-23-22(25(37-26)45-18-19-49(11,12)13)24(36-27(41)38(23)10)40(29(43)47-32(4,5)6)30(44)48-33(7,8)9/h14-17H,18-19H2,1-13H3. The van der Waals surface area contributed by atoms with Crippen LogP contribution in [0.4, 0.5) is 31.8 Å². The molecule has 0 bridgehead atoms. The second-order valence-corrected chi connectivity index (χ2v) is 22.4. The molecule has 49 heavy (non-hydrogen) atoms. The number of halogens is 1. The van der Waals surface area contributed by atoms with Crippen molar-refractivity contribution < 1.29 is 33.3 Å². The highest BCUT2D eigenvalue weighted by atomic mass is 127. The van der Waals surface area contributed by atoms with Crippen molar-refractivity contribution in [3.63, 3.8) is 0 Å². The predicted octanol–water partition coefficient (Wildman–Crippen LogP) is 7.79. The van der Waals surface area contributed by atoms with Gasteiger partial charge in [0, 0.05) is 18.7 Å². The predicted molar refractivity (Wildman–Crippen MR) is 199 cm³/mol. The summed E-state index contributed by atoms with van der Waals surface area (Å²) in [6, 6.07) is 7.72. The minimum absolute atomic E-state index is 0.0510. The van der Waals surface area contributed by atoms with Crippen LogP contribution in [-0.2, 0) is 21.3 Å². The molecule has 0 N–H and O–H groups in total. The van der Waals surface area contributed by atoms with Crippen LogP contribution < -0.4 is 20.2 Å². The van der Waals surface area contributed by atoms with E-state index in [9.17, 15) is 19.2 Å². The molecule has 0 unspecified atom stereocenters. The topological polar surface area (TPSA) is 155 Å². The minimum Gasteiger partial charge on any atom is -0.477 e. The Bertz CT molecular complexity index is 1740. The van der Waals surface area contributed by atoms with E-state index in [-0.39, 0.29) is 29.5 Å². The molecule has 0 aliphatic heterocycles. The van der Waals surface area contributed by atoms with Gasteiger partial charge in [0.15, 0.2) is 11.5 Å². The molecule has 1 aromatic carbocycles. The molecule has 0 spiro atoms. The highest BCUT2D eigenvalue weighted by Gasteiger charge is 2.38. The monoisotopic (exact) mass is 810 g/mol. The second-order valence-electron chi connectivity index (χ2n) is 15.6. The number of benzene rings is 1. The van der Waals surface area contributed by atoms with Gasteiger partial charge < -0.3 is 18.9 Å². The van der Waals surface area contributed by atoms with Crippen molar-refractivity contribution in [1.82, 2.24) is 19.5 Å². The normalized spacial score (nSPS) is 12.4. The lowest BCUT2D eigenvalue weighted by Crippen LogP contribution is -2.45. The maximum atomic E-state index is 13.8. The summed E-state index contributed by atoms with van der Waals surface area (Å²) in [5.74, 6) is -0.763. The van der Waals surface area contributed by atoms with E-state index in [0.29, 0.717) is 16.6 Å². The lowest BCUT2D eigenvalue weighted by Gasteiger charge is -2.29. The van der Waals surface area contributed by atoms with Gasteiger partial charge in [-0.25, -0.2) is 24.1 Å². The fourth-order valence-electron chi connectivity index (χ4n) is 4.05. The Morgan fingerprint density at radius 3 is 1.76 bits per heavy atom. The van der Waals surface area contributed by atoms with Gasteiger partial charge in [-0.1, -0.05) is 19.6 Å². The number of carbonyl (C=O) groups is 3. The molecule has 0 atom stereocenters. The third-order valence-corrected chi connectivity index (χ3v) is 8.61. The number of hydrogen-bond donors (Lipinski definition) is 0. The second kappa shape index (κ2) is 14.6. The highest BCUT2D eigenvalue weighted by molar-refractivity contribution is 14.1. The average Bonchev–Trinajstić information content (AvgIpc) is 2.89. The van der Waals surface area contributed by atoms with Gasteiger partial charge in [0.25, 0.3) is 0 Å². The van der Waals surface area contributed by atoms with Crippen molar-refractivity contribution in [3.8, 4) is 5.88 Å². The Hall–Kier alpha value is -3.80. The quantitative estimate of drug-likeness (QED) is 0.130. The molecule has 0 fully saturated rings. The molecule has 3 aromatic rings. The smallest absolute Gasteiger partial charge is 0.425 e. The van der Waals surface area contributed by atoms with Crippen LogP contribution in [0, 0.1) is 3.57 Å². The van der Waals surface area contributed by atoms with Gasteiger partial charge in [-0.3, -0.25) is 4.57 Å². The molecular formula is C33H47IN6O8Si. The van der Waals surface area contributed by atoms with Gasteiger partial charge in [0.1, 0.15) is 22.2 Å². The number of imide groups is 1. The number of amides is 3. The molecule has 0 saturated heterocycles. The van der Waals surface area contributed by atoms with Gasteiger partial charge in [-0.2, -0.15) is 19.9 Å². The molecule has 14 nitrogen and oxygen atoms in total. The van der Waals surface area contributed by atoms with Gasteiger partial charge in [-0.05, 0) is 115 Å². The van der Waals surface area contributed by atoms with E-state index < -0.39 is 54.7 Å². The van der Waals surface area contributed by atoms with E-state index in [0.717, 1.165) is 13.0 Å². The number of rotatable bonds is 7. The van der Waals surface area contributed by atoms with Crippen LogP contribution in [0.5, 0.6) is 5.88 Å². The number of hydrogen-bond acceptors (Lipinski definition) is 11. The summed E-state index contributed by atoms with van der Waals surface area (Å²) in [6.07, 6.45) is -3.07. The first-order valence-electron chi connectivity index (χ1n) is 15.7. The van der Waals surface area contributed by atoms with Gasteiger partial charge in [0.2, 0.25) is 11.8 Å². The maximum absolute atomic E-state index is 13.8. The lowest BCUT2D eigenvalue weighted by molar-refractivity contribution is 0.0428. The van der Waals surface area contributed by atoms with Crippen LogP contribution in [0.1, 0.15) is 62.3 Å². The summed E-state index contributed by atoms with van der Waals surface area (Å²) in [4.78, 5) is 69.8. The zero-order valence-corrected chi connectivity index (χ0v) is 33.7. The molecule has 268 valence electrons. The number of ether oxygens (including phenoxy) is 4. The van der Waals surface area contributed by atoms with E-state index in [1.165, 1.54) is 7.05 Å². The number of anilines is 3. The molecule has 0 saturated carbocycles. The number of carbonyl (C=O) groups excluding carboxylic acids is 3. The Morgan fingerprint density at radius 1 is 0.796 bits per heavy atom. The Morgan fingerprint density at radius 2 is 1.29 bits per heavy atom. The van der Waals surface area contributed by atoms with Crippen molar-refractivity contribution >= 4 is 77.4 Å². The van der Waals surface area contributed by atoms with Crippen molar-refractivity contribution in [2.75, 3.05) is 16.4 Å². The Balaban J connectivity index is 2.47. The highest BCUT2D eigenvalue weighted by Crippen LogP contribution is 2.36. The van der Waals surface area contributed by atoms with E-state index >= 15 is 0 Å². The zero-order chi connectivity index (χ0) is 37.3. The molecule has 3 amide bonds. The minimum atomic E-state index is -1.64. The number of aromatic nitrogens is 4. The summed E-state index contributed by atoms with van der Waals surface area (Å²) < 4.78 is 25.2. The first-order valence-corrected chi connectivity index (χ1v) is 20.5. The van der Waals surface area contributed by atoms with Crippen LogP contribution >= 0.6 is 22.6 Å². The van der Waals surface area contributed by atoms with Crippen LogP contribution in [0.25, 0.3) is 11.0 Å². The molecule has 2 aromatic heterocycles. The van der Waals surface area contributed by atoms with E-state index in [4.69, 9.17) is 18.9 Å². The fourth-order valence-corrected chi connectivity index (χ4v) is 5.13. The van der Waals surface area contributed by atoms with Crippen LogP contribution in [0.15, 0.2) is 29.1 Å². The van der Waals surface area contributed by atoms with Crippen molar-refractivity contribution in [1.29, 1.82) is 0 Å². The first-order chi connectivity index (χ1) is 22.3. The summed E-state index contributed by atoms with van der Waals surface area (Å²) >= 11 is 2.15. The lowest BCUT2D eigenvalue weighted by atomic mass is 10.2. The van der Waals surface area contributed by atoms with E-state index in [1.54, 1.807) is 86.6 Å². The van der Waals surface area contributed by atoms with Gasteiger partial charge in [0.05, 0.1) is 12.3 Å². The first kappa shape index (κ1) is 39.6. The third-order valence-electron chi connectivity index (χ3n) is 6.19. The van der Waals surface area contributed by atoms with Gasteiger partial charge >= 0.3 is 24.0 Å². The van der Waals surface area contributed by atoms with Crippen LogP contribution in [-0.4, -0.2) is 69.3 Å². The molecule has 3 rings (SSSR count). The van der Waals surface area contributed by atoms with E-state index in [1.807, 2.05) is 0 Å². The van der Waals surface area contributed by atoms with Crippen LogP contribution in [0.3, 0.4) is 0 Å². The Labute approximate surface area is 301 Å². The average molecular weight is 811 g/mol. The third kappa shape index (κ3) is 11.1. The number of fused-ring (bicyclic) bond motifs is 1. The van der Waals surface area contributed by atoms with Crippen molar-refractivity contribution in [2.24, 2.45) is 7.05 Å². The van der Waals surface area contributed by atoms with E-state index in [2.05, 4.69) is 57.2 Å². The van der Waals surface area contributed by atoms with Crippen molar-refractivity contribution in [3.05, 3.63) is 38.3 Å². The number of nitrogens with zero attached hydrogens (tertiary/aromatic N) is 6. The summed E-state index contributed by atoms with van der Waals surface area (Å²) in [7, 11) is -0.230.